The summed E-state index contributed by atoms with van der Waals surface area (Å²) >= 11 is 12.4. The molecule has 0 saturated carbocycles. The van der Waals surface area contributed by atoms with Crippen molar-refractivity contribution in [1.82, 2.24) is 0 Å². The van der Waals surface area contributed by atoms with Crippen molar-refractivity contribution in [2.45, 2.75) is 81.9 Å². The maximum atomic E-state index is 10.3. The Morgan fingerprint density at radius 1 is 0.944 bits per heavy atom. The van der Waals surface area contributed by atoms with Crippen LogP contribution < -0.4 is 0 Å². The van der Waals surface area contributed by atoms with E-state index in [1.165, 1.54) is 0 Å². The monoisotopic (exact) mass is 296 g/mol. The normalized spacial score (nSPS) is 14.4. The number of hydrogen-bond donors (Lipinski definition) is 1. The fraction of sp³-hybridized carbons (Fsp3) is 0.929. The second-order valence-electron chi connectivity index (χ2n) is 4.87. The van der Waals surface area contributed by atoms with E-state index in [1.807, 2.05) is 0 Å². The lowest BCUT2D eigenvalue weighted by Crippen LogP contribution is -2.14. The fourth-order valence-electron chi connectivity index (χ4n) is 1.91. The van der Waals surface area contributed by atoms with Gasteiger partial charge in [0.05, 0.1) is 0 Å². The number of aliphatic carboxylic acids is 1. The minimum atomic E-state index is -0.697. The summed E-state index contributed by atoms with van der Waals surface area (Å²) in [6.45, 7) is 2.16. The topological polar surface area (TPSA) is 37.3 Å². The van der Waals surface area contributed by atoms with Crippen LogP contribution in [0.5, 0.6) is 0 Å². The number of unbranched alkanes of at least 4 members (excludes halogenated alkanes) is 5. The molecule has 0 heterocycles. The molecular formula is C14H26Cl2O2. The van der Waals surface area contributed by atoms with E-state index in [0.717, 1.165) is 57.8 Å². The van der Waals surface area contributed by atoms with E-state index in [9.17, 15) is 4.79 Å². The Morgan fingerprint density at radius 2 is 1.44 bits per heavy atom. The van der Waals surface area contributed by atoms with Gasteiger partial charge in [0.15, 0.2) is 0 Å². The Morgan fingerprint density at radius 3 is 2.00 bits per heavy atom. The molecule has 0 aliphatic carbocycles. The van der Waals surface area contributed by atoms with E-state index >= 15 is 0 Å². The highest BCUT2D eigenvalue weighted by molar-refractivity contribution is 6.29. The number of hydrogen-bond acceptors (Lipinski definition) is 1. The van der Waals surface area contributed by atoms with Gasteiger partial charge >= 0.3 is 5.97 Å². The molecule has 0 unspecified atom stereocenters. The molecule has 0 fully saturated rings. The molecule has 108 valence electrons. The Kier molecular flexibility index (Phi) is 12.1. The molecule has 0 radical (unpaired) electrons. The molecule has 2 atom stereocenters. The molecule has 0 spiro atoms. The summed E-state index contributed by atoms with van der Waals surface area (Å²) in [4.78, 5) is 10.3. The van der Waals surface area contributed by atoms with Gasteiger partial charge in [-0.2, -0.15) is 0 Å². The highest BCUT2D eigenvalue weighted by atomic mass is 35.5. The summed E-state index contributed by atoms with van der Waals surface area (Å²) in [6.07, 6.45) is 9.67. The number of carboxylic acids is 1. The van der Waals surface area contributed by atoms with Crippen LogP contribution in [0.3, 0.4) is 0 Å². The highest BCUT2D eigenvalue weighted by Crippen LogP contribution is 2.22. The van der Waals surface area contributed by atoms with E-state index in [1.54, 1.807) is 0 Å². The molecule has 0 aromatic carbocycles. The van der Waals surface area contributed by atoms with Gasteiger partial charge in [0, 0.05) is 17.2 Å². The first-order valence-corrected chi connectivity index (χ1v) is 7.95. The number of rotatable bonds is 12. The molecule has 2 nitrogen and oxygen atoms in total. The Hall–Kier alpha value is 0.0500. The van der Waals surface area contributed by atoms with Gasteiger partial charge in [-0.15, -0.1) is 23.2 Å². The lowest BCUT2D eigenvalue weighted by atomic mass is 10.0. The molecule has 0 amide bonds. The van der Waals surface area contributed by atoms with Crippen LogP contribution in [0.2, 0.25) is 0 Å². The van der Waals surface area contributed by atoms with Gasteiger partial charge in [-0.3, -0.25) is 4.79 Å². The van der Waals surface area contributed by atoms with Crippen molar-refractivity contribution in [1.29, 1.82) is 0 Å². The zero-order valence-corrected chi connectivity index (χ0v) is 12.8. The standard InChI is InChI=1S/C14H26Cl2O2/c1-2-3-9-12(15)13(16)10-7-5-4-6-8-11-14(17)18/h12-13H,2-11H2,1H3,(H,17,18)/t12-,13-/m0/s1. The lowest BCUT2D eigenvalue weighted by Gasteiger charge is -2.15. The Bertz CT molecular complexity index is 210. The second kappa shape index (κ2) is 12.1. The molecule has 0 saturated heterocycles. The molecule has 4 heteroatoms. The van der Waals surface area contributed by atoms with Crippen LogP contribution in [0.1, 0.15) is 71.1 Å². The van der Waals surface area contributed by atoms with Gasteiger partial charge in [-0.1, -0.05) is 45.4 Å². The minimum absolute atomic E-state index is 0.0808. The van der Waals surface area contributed by atoms with Crippen LogP contribution in [0.15, 0.2) is 0 Å². The summed E-state index contributed by atoms with van der Waals surface area (Å²) in [5.41, 5.74) is 0. The van der Waals surface area contributed by atoms with Crippen LogP contribution >= 0.6 is 23.2 Å². The zero-order valence-electron chi connectivity index (χ0n) is 11.3. The number of halogens is 2. The average Bonchev–Trinajstić information content (AvgIpc) is 2.34. The van der Waals surface area contributed by atoms with Gasteiger partial charge in [-0.25, -0.2) is 0 Å². The fourth-order valence-corrected chi connectivity index (χ4v) is 2.47. The maximum Gasteiger partial charge on any atom is 0.303 e. The van der Waals surface area contributed by atoms with Crippen molar-refractivity contribution >= 4 is 29.2 Å². The van der Waals surface area contributed by atoms with Crippen molar-refractivity contribution in [3.63, 3.8) is 0 Å². The summed E-state index contributed by atoms with van der Waals surface area (Å²) in [5.74, 6) is -0.697. The first kappa shape index (κ1) is 18.0. The molecule has 0 aliphatic rings. The van der Waals surface area contributed by atoms with E-state index in [-0.39, 0.29) is 10.8 Å². The van der Waals surface area contributed by atoms with Crippen molar-refractivity contribution in [2.24, 2.45) is 0 Å². The molecule has 0 aromatic rings. The van der Waals surface area contributed by atoms with E-state index in [2.05, 4.69) is 6.92 Å². The Balaban J connectivity index is 3.34. The molecule has 0 bridgehead atoms. The third kappa shape index (κ3) is 11.2. The predicted octanol–water partition coefficient (Wildman–Crippen LogP) is 5.21. The number of carbonyl (C=O) groups is 1. The third-order valence-electron chi connectivity index (χ3n) is 3.10. The van der Waals surface area contributed by atoms with Gasteiger partial charge in [0.2, 0.25) is 0 Å². The summed E-state index contributed by atoms with van der Waals surface area (Å²) in [6, 6.07) is 0. The molecule has 0 aromatic heterocycles. The van der Waals surface area contributed by atoms with Crippen LogP contribution in [0, 0.1) is 0 Å². The predicted molar refractivity (Wildman–Crippen MR) is 78.8 cm³/mol. The summed E-state index contributed by atoms with van der Waals surface area (Å²) < 4.78 is 0. The van der Waals surface area contributed by atoms with Crippen LogP contribution in [0.25, 0.3) is 0 Å². The number of carboxylic acid groups (broad SMARTS) is 1. The van der Waals surface area contributed by atoms with E-state index in [4.69, 9.17) is 28.3 Å². The largest absolute Gasteiger partial charge is 0.481 e. The Labute approximate surface area is 121 Å². The minimum Gasteiger partial charge on any atom is -0.481 e. The van der Waals surface area contributed by atoms with Crippen molar-refractivity contribution in [3.8, 4) is 0 Å². The van der Waals surface area contributed by atoms with Crippen molar-refractivity contribution < 1.29 is 9.90 Å². The first-order valence-electron chi connectivity index (χ1n) is 7.07. The SMILES string of the molecule is CCCC[C@H](Cl)[C@@H](Cl)CCCCCCCC(=O)O. The summed E-state index contributed by atoms with van der Waals surface area (Å²) in [7, 11) is 0. The smallest absolute Gasteiger partial charge is 0.303 e. The van der Waals surface area contributed by atoms with Gasteiger partial charge in [0.25, 0.3) is 0 Å². The lowest BCUT2D eigenvalue weighted by molar-refractivity contribution is -0.137. The summed E-state index contributed by atoms with van der Waals surface area (Å²) in [5, 5.41) is 8.67. The zero-order chi connectivity index (χ0) is 13.8. The van der Waals surface area contributed by atoms with Crippen LogP contribution in [-0.4, -0.2) is 21.8 Å². The maximum absolute atomic E-state index is 10.3. The van der Waals surface area contributed by atoms with Crippen molar-refractivity contribution in [3.05, 3.63) is 0 Å². The number of alkyl halides is 2. The first-order chi connectivity index (χ1) is 8.57. The average molecular weight is 297 g/mol. The quantitative estimate of drug-likeness (QED) is 0.397. The molecule has 1 N–H and O–H groups in total. The van der Waals surface area contributed by atoms with Crippen LogP contribution in [-0.2, 0) is 4.79 Å². The molecular weight excluding hydrogens is 271 g/mol. The van der Waals surface area contributed by atoms with Gasteiger partial charge in [0.1, 0.15) is 0 Å². The van der Waals surface area contributed by atoms with Crippen LogP contribution in [0.4, 0.5) is 0 Å². The second-order valence-corrected chi connectivity index (χ2v) is 6.00. The van der Waals surface area contributed by atoms with Gasteiger partial charge in [-0.05, 0) is 19.3 Å². The van der Waals surface area contributed by atoms with E-state index < -0.39 is 5.97 Å². The molecule has 0 aliphatic heterocycles. The molecule has 0 rings (SSSR count). The van der Waals surface area contributed by atoms with Crippen molar-refractivity contribution in [2.75, 3.05) is 0 Å². The van der Waals surface area contributed by atoms with E-state index in [0.29, 0.717) is 6.42 Å². The third-order valence-corrected chi connectivity index (χ3v) is 4.27. The highest BCUT2D eigenvalue weighted by Gasteiger charge is 2.15. The molecule has 18 heavy (non-hydrogen) atoms. The van der Waals surface area contributed by atoms with Gasteiger partial charge < -0.3 is 5.11 Å².